The molecule has 1 aliphatic heterocycles. The summed E-state index contributed by atoms with van der Waals surface area (Å²) in [5.74, 6) is -1.80. The Hall–Kier alpha value is -3.16. The predicted molar refractivity (Wildman–Crippen MR) is 101 cm³/mol. The van der Waals surface area contributed by atoms with Crippen molar-refractivity contribution in [1.82, 2.24) is 5.32 Å². The van der Waals surface area contributed by atoms with Crippen LogP contribution in [0.1, 0.15) is 46.1 Å². The summed E-state index contributed by atoms with van der Waals surface area (Å²) < 4.78 is 0. The number of nitro benzene ring substituents is 1. The fraction of sp³-hybridized carbons (Fsp3) is 0.368. The molecule has 2 N–H and O–H groups in total. The number of hydrogen-bond acceptors (Lipinski definition) is 6. The van der Waals surface area contributed by atoms with Gasteiger partial charge in [-0.3, -0.25) is 10.1 Å². The molecule has 0 radical (unpaired) electrons. The fourth-order valence-corrected chi connectivity index (χ4v) is 3.14. The molecule has 0 saturated carbocycles. The number of aliphatic carboxylic acids is 1. The number of hydrogen-bond donors (Lipinski definition) is 2. The standard InChI is InChI=1S/C19H23N3O5/c1-10(2)27-21-13(5)16-11(3)20-12(4)17(19(23)24)18(16)14-7-6-8-15(9-14)22(25)26/h6-10,18,20H,1-5H3,(H,23,24). The van der Waals surface area contributed by atoms with Crippen LogP contribution >= 0.6 is 0 Å². The maximum absolute atomic E-state index is 12.0. The zero-order valence-corrected chi connectivity index (χ0v) is 15.9. The number of carboxylic acid groups (broad SMARTS) is 1. The topological polar surface area (TPSA) is 114 Å². The van der Waals surface area contributed by atoms with Gasteiger partial charge < -0.3 is 15.3 Å². The molecule has 0 saturated heterocycles. The van der Waals surface area contributed by atoms with E-state index in [2.05, 4.69) is 10.5 Å². The SMILES string of the molecule is CC(=NOC(C)C)C1=C(C)NC(C)=C(C(=O)O)C1c1cccc([N+](=O)[O-])c1. The largest absolute Gasteiger partial charge is 0.478 e. The first-order chi connectivity index (χ1) is 12.6. The second-order valence-electron chi connectivity index (χ2n) is 6.62. The van der Waals surface area contributed by atoms with Crippen LogP contribution < -0.4 is 5.32 Å². The molecule has 1 unspecified atom stereocenters. The Balaban J connectivity index is 2.68. The van der Waals surface area contributed by atoms with Gasteiger partial charge in [0.15, 0.2) is 0 Å². The normalized spacial score (nSPS) is 17.9. The minimum absolute atomic E-state index is 0.0987. The van der Waals surface area contributed by atoms with E-state index in [1.165, 1.54) is 12.1 Å². The van der Waals surface area contributed by atoms with E-state index < -0.39 is 16.8 Å². The second kappa shape index (κ2) is 8.03. The van der Waals surface area contributed by atoms with Gasteiger partial charge in [0.2, 0.25) is 0 Å². The maximum Gasteiger partial charge on any atom is 0.334 e. The van der Waals surface area contributed by atoms with Gasteiger partial charge in [0.1, 0.15) is 6.10 Å². The minimum Gasteiger partial charge on any atom is -0.478 e. The van der Waals surface area contributed by atoms with Crippen molar-refractivity contribution in [3.8, 4) is 0 Å². The van der Waals surface area contributed by atoms with E-state index in [1.807, 2.05) is 20.8 Å². The van der Waals surface area contributed by atoms with E-state index in [4.69, 9.17) is 4.84 Å². The van der Waals surface area contributed by atoms with Crippen molar-refractivity contribution in [1.29, 1.82) is 0 Å². The van der Waals surface area contributed by atoms with Gasteiger partial charge in [0, 0.05) is 35.0 Å². The summed E-state index contributed by atoms with van der Waals surface area (Å²) in [7, 11) is 0. The van der Waals surface area contributed by atoms with Crippen LogP contribution in [-0.2, 0) is 9.63 Å². The molecule has 0 bridgehead atoms. The van der Waals surface area contributed by atoms with Gasteiger partial charge in [-0.15, -0.1) is 0 Å². The second-order valence-corrected chi connectivity index (χ2v) is 6.62. The van der Waals surface area contributed by atoms with Crippen LogP contribution in [-0.4, -0.2) is 27.8 Å². The van der Waals surface area contributed by atoms with Gasteiger partial charge in [-0.05, 0) is 40.2 Å². The molecule has 27 heavy (non-hydrogen) atoms. The van der Waals surface area contributed by atoms with Crippen LogP contribution in [0.5, 0.6) is 0 Å². The highest BCUT2D eigenvalue weighted by Crippen LogP contribution is 2.39. The molecule has 1 aromatic rings. The molecular formula is C19H23N3O5. The molecule has 0 fully saturated rings. The van der Waals surface area contributed by atoms with Crippen LogP contribution in [0.15, 0.2) is 52.0 Å². The van der Waals surface area contributed by atoms with E-state index in [0.717, 1.165) is 5.70 Å². The smallest absolute Gasteiger partial charge is 0.334 e. The minimum atomic E-state index is -1.10. The third-order valence-corrected chi connectivity index (χ3v) is 4.20. The number of rotatable bonds is 6. The highest BCUT2D eigenvalue weighted by molar-refractivity contribution is 6.04. The number of allylic oxidation sites excluding steroid dienone is 3. The Bertz CT molecular complexity index is 868. The number of carboxylic acids is 1. The first-order valence-electron chi connectivity index (χ1n) is 8.50. The molecule has 0 aromatic heterocycles. The van der Waals surface area contributed by atoms with Gasteiger partial charge in [0.25, 0.3) is 5.69 Å². The van der Waals surface area contributed by atoms with Crippen molar-refractivity contribution < 1.29 is 19.7 Å². The Morgan fingerprint density at radius 1 is 1.30 bits per heavy atom. The first kappa shape index (κ1) is 20.2. The highest BCUT2D eigenvalue weighted by atomic mass is 16.6. The van der Waals surface area contributed by atoms with E-state index in [1.54, 1.807) is 26.0 Å². The molecule has 8 heteroatoms. The van der Waals surface area contributed by atoms with E-state index in [0.29, 0.717) is 22.5 Å². The molecule has 1 aromatic carbocycles. The average molecular weight is 373 g/mol. The summed E-state index contributed by atoms with van der Waals surface area (Å²) in [5.41, 5.74) is 2.88. The Kier molecular flexibility index (Phi) is 5.99. The van der Waals surface area contributed by atoms with Crippen LogP contribution in [0.2, 0.25) is 0 Å². The summed E-state index contributed by atoms with van der Waals surface area (Å²) in [6, 6.07) is 6.01. The highest BCUT2D eigenvalue weighted by Gasteiger charge is 2.35. The number of oxime groups is 1. The molecule has 8 nitrogen and oxygen atoms in total. The molecule has 0 spiro atoms. The van der Waals surface area contributed by atoms with Crippen molar-refractivity contribution in [3.63, 3.8) is 0 Å². The van der Waals surface area contributed by atoms with Gasteiger partial charge in [-0.1, -0.05) is 17.3 Å². The van der Waals surface area contributed by atoms with E-state index in [-0.39, 0.29) is 17.4 Å². The van der Waals surface area contributed by atoms with Crippen LogP contribution in [0.3, 0.4) is 0 Å². The monoisotopic (exact) mass is 373 g/mol. The molecule has 1 aliphatic rings. The number of nitro groups is 1. The summed E-state index contributed by atoms with van der Waals surface area (Å²) in [6.07, 6.45) is -0.134. The molecule has 0 aliphatic carbocycles. The van der Waals surface area contributed by atoms with Crippen LogP contribution in [0.25, 0.3) is 0 Å². The van der Waals surface area contributed by atoms with Crippen molar-refractivity contribution >= 4 is 17.4 Å². The van der Waals surface area contributed by atoms with Crippen LogP contribution in [0, 0.1) is 10.1 Å². The molecule has 1 heterocycles. The summed E-state index contributed by atoms with van der Waals surface area (Å²) in [6.45, 7) is 8.89. The lowest BCUT2D eigenvalue weighted by Gasteiger charge is -2.30. The fourth-order valence-electron chi connectivity index (χ4n) is 3.14. The third-order valence-electron chi connectivity index (χ3n) is 4.20. The van der Waals surface area contributed by atoms with E-state index in [9.17, 15) is 20.0 Å². The molecule has 0 amide bonds. The lowest BCUT2D eigenvalue weighted by atomic mass is 9.78. The number of carbonyl (C=O) groups is 1. The zero-order chi connectivity index (χ0) is 20.3. The molecule has 2 rings (SSSR count). The van der Waals surface area contributed by atoms with E-state index >= 15 is 0 Å². The Morgan fingerprint density at radius 3 is 2.48 bits per heavy atom. The van der Waals surface area contributed by atoms with Gasteiger partial charge >= 0.3 is 5.97 Å². The molecular weight excluding hydrogens is 350 g/mol. The molecule has 1 atom stereocenters. The number of nitrogens with zero attached hydrogens (tertiary/aromatic N) is 2. The summed E-state index contributed by atoms with van der Waals surface area (Å²) in [4.78, 5) is 28.0. The average Bonchev–Trinajstić information content (AvgIpc) is 2.58. The summed E-state index contributed by atoms with van der Waals surface area (Å²) >= 11 is 0. The van der Waals surface area contributed by atoms with Gasteiger partial charge in [-0.25, -0.2) is 4.79 Å². The quantitative estimate of drug-likeness (QED) is 0.446. The Labute approximate surface area is 157 Å². The lowest BCUT2D eigenvalue weighted by Crippen LogP contribution is -2.30. The van der Waals surface area contributed by atoms with Crippen molar-refractivity contribution in [2.75, 3.05) is 0 Å². The number of benzene rings is 1. The third kappa shape index (κ3) is 4.33. The predicted octanol–water partition coefficient (Wildman–Crippen LogP) is 3.72. The van der Waals surface area contributed by atoms with Crippen molar-refractivity contribution in [2.24, 2.45) is 5.16 Å². The maximum atomic E-state index is 12.0. The zero-order valence-electron chi connectivity index (χ0n) is 15.9. The molecule has 144 valence electrons. The lowest BCUT2D eigenvalue weighted by molar-refractivity contribution is -0.384. The van der Waals surface area contributed by atoms with Crippen molar-refractivity contribution in [3.05, 3.63) is 62.5 Å². The Morgan fingerprint density at radius 2 is 1.93 bits per heavy atom. The number of nitrogens with one attached hydrogen (secondary N) is 1. The van der Waals surface area contributed by atoms with Gasteiger partial charge in [-0.2, -0.15) is 0 Å². The van der Waals surface area contributed by atoms with Crippen molar-refractivity contribution in [2.45, 2.75) is 46.6 Å². The summed E-state index contributed by atoms with van der Waals surface area (Å²) in [5, 5.41) is 28.2. The number of non-ortho nitro benzene ring substituents is 1. The van der Waals surface area contributed by atoms with Crippen LogP contribution in [0.4, 0.5) is 5.69 Å². The first-order valence-corrected chi connectivity index (χ1v) is 8.50. The number of dihydropyridines is 1. The van der Waals surface area contributed by atoms with Gasteiger partial charge in [0.05, 0.1) is 16.2 Å².